The Kier molecular flexibility index (Phi) is 5.36. The average molecular weight is 311 g/mol. The molecule has 0 fully saturated rings. The van der Waals surface area contributed by atoms with Crippen LogP contribution in [0.15, 0.2) is 48.5 Å². The molecular formula is C18H21N3O2. The monoisotopic (exact) mass is 311 g/mol. The summed E-state index contributed by atoms with van der Waals surface area (Å²) in [6.45, 7) is 3.72. The lowest BCUT2D eigenvalue weighted by atomic mass is 10.2. The van der Waals surface area contributed by atoms with Gasteiger partial charge < -0.3 is 15.5 Å². The van der Waals surface area contributed by atoms with Gasteiger partial charge in [0.15, 0.2) is 0 Å². The molecule has 5 heteroatoms. The number of carbonyl (C=O) groups is 2. The number of carbonyl (C=O) groups excluding carboxylic acids is 2. The standard InChI is InChI=1S/C18H21N3O2/c1-13-4-6-15(7-5-13)19-12-18(23)20-16-8-10-17(11-9-16)21(3)14(2)22/h4-11,19H,12H2,1-3H3,(H,20,23). The van der Waals surface area contributed by atoms with Gasteiger partial charge in [0.1, 0.15) is 0 Å². The van der Waals surface area contributed by atoms with E-state index >= 15 is 0 Å². The number of amides is 2. The van der Waals surface area contributed by atoms with Gasteiger partial charge in [0.25, 0.3) is 0 Å². The zero-order chi connectivity index (χ0) is 16.8. The lowest BCUT2D eigenvalue weighted by molar-refractivity contribution is -0.116. The van der Waals surface area contributed by atoms with Crippen molar-refractivity contribution in [2.24, 2.45) is 0 Å². The van der Waals surface area contributed by atoms with Crippen LogP contribution in [0.2, 0.25) is 0 Å². The molecule has 2 N–H and O–H groups in total. The van der Waals surface area contributed by atoms with E-state index < -0.39 is 0 Å². The number of rotatable bonds is 5. The Labute approximate surface area is 136 Å². The van der Waals surface area contributed by atoms with Gasteiger partial charge in [0.05, 0.1) is 6.54 Å². The molecule has 0 aliphatic heterocycles. The highest BCUT2D eigenvalue weighted by Crippen LogP contribution is 2.17. The van der Waals surface area contributed by atoms with E-state index in [1.165, 1.54) is 12.5 Å². The van der Waals surface area contributed by atoms with Crippen LogP contribution in [0.5, 0.6) is 0 Å². The minimum absolute atomic E-state index is 0.0379. The second kappa shape index (κ2) is 7.45. The van der Waals surface area contributed by atoms with Crippen LogP contribution < -0.4 is 15.5 Å². The molecule has 0 aliphatic carbocycles. The van der Waals surface area contributed by atoms with Gasteiger partial charge in [-0.05, 0) is 43.3 Å². The van der Waals surface area contributed by atoms with E-state index in [-0.39, 0.29) is 18.4 Å². The summed E-state index contributed by atoms with van der Waals surface area (Å²) < 4.78 is 0. The summed E-state index contributed by atoms with van der Waals surface area (Å²) in [6.07, 6.45) is 0. The quantitative estimate of drug-likeness (QED) is 0.892. The smallest absolute Gasteiger partial charge is 0.243 e. The minimum atomic E-state index is -0.127. The lowest BCUT2D eigenvalue weighted by Gasteiger charge is -2.15. The largest absolute Gasteiger partial charge is 0.376 e. The fraction of sp³-hybridized carbons (Fsp3) is 0.222. The third kappa shape index (κ3) is 4.85. The van der Waals surface area contributed by atoms with Crippen molar-refractivity contribution in [3.8, 4) is 0 Å². The summed E-state index contributed by atoms with van der Waals surface area (Å²) in [5.41, 5.74) is 3.56. The molecule has 2 amide bonds. The van der Waals surface area contributed by atoms with Crippen LogP contribution in [0, 0.1) is 6.92 Å². The lowest BCUT2D eigenvalue weighted by Crippen LogP contribution is -2.23. The first-order valence-corrected chi connectivity index (χ1v) is 7.40. The van der Waals surface area contributed by atoms with E-state index in [1.54, 1.807) is 36.2 Å². The third-order valence-corrected chi connectivity index (χ3v) is 3.52. The molecule has 0 saturated heterocycles. The van der Waals surface area contributed by atoms with Crippen molar-refractivity contribution in [3.05, 3.63) is 54.1 Å². The fourth-order valence-corrected chi connectivity index (χ4v) is 2.01. The van der Waals surface area contributed by atoms with Crippen molar-refractivity contribution in [1.82, 2.24) is 0 Å². The molecule has 0 unspecified atom stereocenters. The van der Waals surface area contributed by atoms with Gasteiger partial charge in [-0.1, -0.05) is 17.7 Å². The summed E-state index contributed by atoms with van der Waals surface area (Å²) in [7, 11) is 1.71. The molecule has 23 heavy (non-hydrogen) atoms. The molecule has 0 spiro atoms. The molecule has 2 aromatic carbocycles. The maximum absolute atomic E-state index is 11.9. The zero-order valence-electron chi connectivity index (χ0n) is 13.6. The van der Waals surface area contributed by atoms with Crippen molar-refractivity contribution in [1.29, 1.82) is 0 Å². The van der Waals surface area contributed by atoms with Gasteiger partial charge in [-0.15, -0.1) is 0 Å². The number of hydrogen-bond acceptors (Lipinski definition) is 3. The summed E-state index contributed by atoms with van der Waals surface area (Å²) in [5, 5.41) is 5.89. The molecule has 5 nitrogen and oxygen atoms in total. The number of nitrogens with one attached hydrogen (secondary N) is 2. The van der Waals surface area contributed by atoms with Gasteiger partial charge in [0, 0.05) is 31.0 Å². The highest BCUT2D eigenvalue weighted by atomic mass is 16.2. The van der Waals surface area contributed by atoms with E-state index in [1.807, 2.05) is 31.2 Å². The second-order valence-corrected chi connectivity index (χ2v) is 5.39. The first kappa shape index (κ1) is 16.5. The van der Waals surface area contributed by atoms with E-state index in [0.29, 0.717) is 5.69 Å². The molecule has 120 valence electrons. The Balaban J connectivity index is 1.87. The van der Waals surface area contributed by atoms with Crippen molar-refractivity contribution < 1.29 is 9.59 Å². The maximum Gasteiger partial charge on any atom is 0.243 e. The van der Waals surface area contributed by atoms with Crippen LogP contribution in [0.3, 0.4) is 0 Å². The summed E-state index contributed by atoms with van der Waals surface area (Å²) >= 11 is 0. The SMILES string of the molecule is CC(=O)N(C)c1ccc(NC(=O)CNc2ccc(C)cc2)cc1. The molecule has 2 aromatic rings. The van der Waals surface area contributed by atoms with E-state index in [4.69, 9.17) is 0 Å². The van der Waals surface area contributed by atoms with Gasteiger partial charge in [-0.3, -0.25) is 9.59 Å². The molecule has 0 aliphatic rings. The molecule has 0 atom stereocenters. The Morgan fingerprint density at radius 2 is 1.52 bits per heavy atom. The molecule has 0 heterocycles. The molecular weight excluding hydrogens is 290 g/mol. The fourth-order valence-electron chi connectivity index (χ4n) is 2.01. The van der Waals surface area contributed by atoms with Gasteiger partial charge in [0.2, 0.25) is 11.8 Å². The van der Waals surface area contributed by atoms with Crippen molar-refractivity contribution >= 4 is 28.9 Å². The second-order valence-electron chi connectivity index (χ2n) is 5.39. The van der Waals surface area contributed by atoms with Gasteiger partial charge >= 0.3 is 0 Å². The topological polar surface area (TPSA) is 61.4 Å². The van der Waals surface area contributed by atoms with Gasteiger partial charge in [-0.25, -0.2) is 0 Å². The Bertz CT molecular complexity index is 678. The Morgan fingerprint density at radius 3 is 2.09 bits per heavy atom. The molecule has 0 saturated carbocycles. The predicted octanol–water partition coefficient (Wildman–Crippen LogP) is 3.03. The van der Waals surface area contributed by atoms with Gasteiger partial charge in [-0.2, -0.15) is 0 Å². The number of hydrogen-bond donors (Lipinski definition) is 2. The van der Waals surface area contributed by atoms with Crippen LogP contribution in [-0.2, 0) is 9.59 Å². The van der Waals surface area contributed by atoms with Crippen LogP contribution in [0.1, 0.15) is 12.5 Å². The Hall–Kier alpha value is -2.82. The first-order valence-electron chi connectivity index (χ1n) is 7.40. The third-order valence-electron chi connectivity index (χ3n) is 3.52. The highest BCUT2D eigenvalue weighted by molar-refractivity contribution is 5.94. The number of nitrogens with zero attached hydrogens (tertiary/aromatic N) is 1. The number of anilines is 3. The number of benzene rings is 2. The molecule has 0 bridgehead atoms. The highest BCUT2D eigenvalue weighted by Gasteiger charge is 2.06. The normalized spacial score (nSPS) is 10.0. The van der Waals surface area contributed by atoms with Crippen molar-refractivity contribution in [2.75, 3.05) is 29.1 Å². The molecule has 0 aromatic heterocycles. The summed E-state index contributed by atoms with van der Waals surface area (Å²) in [6, 6.07) is 15.0. The Morgan fingerprint density at radius 1 is 0.957 bits per heavy atom. The summed E-state index contributed by atoms with van der Waals surface area (Å²) in [4.78, 5) is 24.8. The van der Waals surface area contributed by atoms with E-state index in [9.17, 15) is 9.59 Å². The number of aryl methyl sites for hydroxylation is 1. The van der Waals surface area contributed by atoms with Crippen LogP contribution in [0.25, 0.3) is 0 Å². The predicted molar refractivity (Wildman–Crippen MR) is 93.8 cm³/mol. The molecule has 2 rings (SSSR count). The molecule has 0 radical (unpaired) electrons. The summed E-state index contributed by atoms with van der Waals surface area (Å²) in [5.74, 6) is -0.165. The minimum Gasteiger partial charge on any atom is -0.376 e. The maximum atomic E-state index is 11.9. The average Bonchev–Trinajstić information content (AvgIpc) is 2.54. The van der Waals surface area contributed by atoms with E-state index in [0.717, 1.165) is 11.4 Å². The van der Waals surface area contributed by atoms with Crippen LogP contribution >= 0.6 is 0 Å². The van der Waals surface area contributed by atoms with Crippen LogP contribution in [0.4, 0.5) is 17.1 Å². The van der Waals surface area contributed by atoms with Crippen LogP contribution in [-0.4, -0.2) is 25.4 Å². The first-order chi connectivity index (χ1) is 11.0. The van der Waals surface area contributed by atoms with Crippen molar-refractivity contribution in [3.63, 3.8) is 0 Å². The van der Waals surface area contributed by atoms with Crippen molar-refractivity contribution in [2.45, 2.75) is 13.8 Å². The zero-order valence-corrected chi connectivity index (χ0v) is 13.6. The van der Waals surface area contributed by atoms with E-state index in [2.05, 4.69) is 10.6 Å².